The maximum atomic E-state index is 13.4. The van der Waals surface area contributed by atoms with Gasteiger partial charge < -0.3 is 5.73 Å². The lowest BCUT2D eigenvalue weighted by molar-refractivity contribution is 0.596. The highest BCUT2D eigenvalue weighted by Crippen LogP contribution is 2.21. The molecule has 20 heavy (non-hydrogen) atoms. The normalized spacial score (nSPS) is 11.3. The summed E-state index contributed by atoms with van der Waals surface area (Å²) in [6, 6.07) is 7.05. The molecule has 7 heteroatoms. The molecule has 0 unspecified atom stereocenters. The van der Waals surface area contributed by atoms with E-state index in [-0.39, 0.29) is 16.3 Å². The molecule has 0 aliphatic heterocycles. The van der Waals surface area contributed by atoms with Gasteiger partial charge >= 0.3 is 0 Å². The summed E-state index contributed by atoms with van der Waals surface area (Å²) in [5.41, 5.74) is 5.59. The Kier molecular flexibility index (Phi) is 3.63. The van der Waals surface area contributed by atoms with Crippen LogP contribution in [0.3, 0.4) is 0 Å². The molecule has 2 rings (SSSR count). The molecule has 4 nitrogen and oxygen atoms in total. The molecule has 0 saturated carbocycles. The quantitative estimate of drug-likeness (QED) is 0.856. The number of hydrogen-bond donors (Lipinski definition) is 2. The Morgan fingerprint density at radius 1 is 1.05 bits per heavy atom. The minimum atomic E-state index is -3.99. The lowest BCUT2D eigenvalue weighted by atomic mass is 10.2. The van der Waals surface area contributed by atoms with E-state index in [1.165, 1.54) is 18.2 Å². The van der Waals surface area contributed by atoms with Crippen molar-refractivity contribution in [3.8, 4) is 0 Å². The van der Waals surface area contributed by atoms with Gasteiger partial charge in [-0.05, 0) is 42.8 Å². The van der Waals surface area contributed by atoms with Crippen LogP contribution in [-0.2, 0) is 10.0 Å². The first-order chi connectivity index (χ1) is 9.29. The minimum absolute atomic E-state index is 0.0605. The molecule has 0 bridgehead atoms. The fourth-order valence-corrected chi connectivity index (χ4v) is 2.61. The van der Waals surface area contributed by atoms with Crippen LogP contribution in [-0.4, -0.2) is 8.42 Å². The van der Waals surface area contributed by atoms with E-state index in [0.717, 1.165) is 18.2 Å². The van der Waals surface area contributed by atoms with Crippen LogP contribution in [0.4, 0.5) is 20.2 Å². The van der Waals surface area contributed by atoms with Gasteiger partial charge in [-0.25, -0.2) is 17.2 Å². The highest BCUT2D eigenvalue weighted by Gasteiger charge is 2.16. The van der Waals surface area contributed by atoms with Crippen molar-refractivity contribution in [2.75, 3.05) is 10.5 Å². The van der Waals surface area contributed by atoms with E-state index < -0.39 is 21.7 Å². The molecular weight excluding hydrogens is 286 g/mol. The number of anilines is 2. The topological polar surface area (TPSA) is 72.2 Å². The fraction of sp³-hybridized carbons (Fsp3) is 0.0769. The summed E-state index contributed by atoms with van der Waals surface area (Å²) >= 11 is 0. The molecule has 0 spiro atoms. The molecule has 0 aliphatic carbocycles. The summed E-state index contributed by atoms with van der Waals surface area (Å²) in [5, 5.41) is 0. The van der Waals surface area contributed by atoms with Crippen molar-refractivity contribution in [2.24, 2.45) is 0 Å². The molecule has 0 amide bonds. The molecule has 0 radical (unpaired) electrons. The van der Waals surface area contributed by atoms with Crippen molar-refractivity contribution in [3.63, 3.8) is 0 Å². The summed E-state index contributed by atoms with van der Waals surface area (Å²) in [4.78, 5) is -0.287. The Bertz CT molecular complexity index is 761. The van der Waals surface area contributed by atoms with Gasteiger partial charge in [0.05, 0.1) is 16.3 Å². The summed E-state index contributed by atoms with van der Waals surface area (Å²) in [6.45, 7) is 1.56. The van der Waals surface area contributed by atoms with Crippen LogP contribution >= 0.6 is 0 Å². The van der Waals surface area contributed by atoms with Crippen LogP contribution in [0, 0.1) is 18.6 Å². The van der Waals surface area contributed by atoms with E-state index in [2.05, 4.69) is 4.72 Å². The fourth-order valence-electron chi connectivity index (χ4n) is 1.55. The first-order valence-electron chi connectivity index (χ1n) is 5.63. The number of aryl methyl sites for hydroxylation is 1. The summed E-state index contributed by atoms with van der Waals surface area (Å²) in [5.74, 6) is -1.36. The Balaban J connectivity index is 2.35. The van der Waals surface area contributed by atoms with Gasteiger partial charge in [0.2, 0.25) is 0 Å². The highest BCUT2D eigenvalue weighted by atomic mass is 32.2. The van der Waals surface area contributed by atoms with Crippen LogP contribution in [0.5, 0.6) is 0 Å². The molecule has 0 aliphatic rings. The Morgan fingerprint density at radius 2 is 1.75 bits per heavy atom. The van der Waals surface area contributed by atoms with Crippen LogP contribution in [0.25, 0.3) is 0 Å². The Hall–Kier alpha value is -2.15. The predicted octanol–water partition coefficient (Wildman–Crippen LogP) is 2.66. The predicted molar refractivity (Wildman–Crippen MR) is 72.8 cm³/mol. The summed E-state index contributed by atoms with van der Waals surface area (Å²) in [7, 11) is -3.99. The zero-order valence-electron chi connectivity index (χ0n) is 10.5. The third kappa shape index (κ3) is 2.88. The minimum Gasteiger partial charge on any atom is -0.396 e. The molecule has 0 saturated heterocycles. The highest BCUT2D eigenvalue weighted by molar-refractivity contribution is 7.92. The second kappa shape index (κ2) is 5.09. The van der Waals surface area contributed by atoms with E-state index in [0.29, 0.717) is 5.56 Å². The lowest BCUT2D eigenvalue weighted by Gasteiger charge is -2.09. The Morgan fingerprint density at radius 3 is 2.35 bits per heavy atom. The number of nitrogens with one attached hydrogen (secondary N) is 1. The number of halogens is 2. The molecule has 0 atom stereocenters. The number of nitrogen functional groups attached to an aromatic ring is 1. The average Bonchev–Trinajstić information content (AvgIpc) is 2.37. The van der Waals surface area contributed by atoms with Crippen LogP contribution in [0.2, 0.25) is 0 Å². The van der Waals surface area contributed by atoms with E-state index in [1.54, 1.807) is 6.92 Å². The van der Waals surface area contributed by atoms with Gasteiger partial charge in [0.1, 0.15) is 11.6 Å². The van der Waals surface area contributed by atoms with Gasteiger partial charge in [-0.3, -0.25) is 4.72 Å². The molecule has 106 valence electrons. The van der Waals surface area contributed by atoms with E-state index >= 15 is 0 Å². The first kappa shape index (κ1) is 14.3. The standard InChI is InChI=1S/C13H12F2N2O2S/c1-8-2-3-9(6-11(8)14)17-20(18,19)10-4-5-13(16)12(15)7-10/h2-7,17H,16H2,1H3. The van der Waals surface area contributed by atoms with Gasteiger partial charge in [-0.15, -0.1) is 0 Å². The second-order valence-corrected chi connectivity index (χ2v) is 5.94. The molecular formula is C13H12F2N2O2S. The van der Waals surface area contributed by atoms with E-state index in [4.69, 9.17) is 5.73 Å². The van der Waals surface area contributed by atoms with Gasteiger partial charge in [0.25, 0.3) is 10.0 Å². The number of hydrogen-bond acceptors (Lipinski definition) is 3. The smallest absolute Gasteiger partial charge is 0.261 e. The second-order valence-electron chi connectivity index (χ2n) is 4.25. The van der Waals surface area contributed by atoms with E-state index in [9.17, 15) is 17.2 Å². The van der Waals surface area contributed by atoms with Crippen molar-refractivity contribution in [1.29, 1.82) is 0 Å². The number of sulfonamides is 1. The molecule has 0 aromatic heterocycles. The first-order valence-corrected chi connectivity index (χ1v) is 7.12. The summed E-state index contributed by atoms with van der Waals surface area (Å²) in [6.07, 6.45) is 0. The van der Waals surface area contributed by atoms with Gasteiger partial charge in [0.15, 0.2) is 0 Å². The monoisotopic (exact) mass is 298 g/mol. The van der Waals surface area contributed by atoms with Crippen molar-refractivity contribution < 1.29 is 17.2 Å². The largest absolute Gasteiger partial charge is 0.396 e. The summed E-state index contributed by atoms with van der Waals surface area (Å²) < 4.78 is 52.9. The van der Waals surface area contributed by atoms with Crippen molar-refractivity contribution in [1.82, 2.24) is 0 Å². The molecule has 0 heterocycles. The molecule has 3 N–H and O–H groups in total. The zero-order valence-corrected chi connectivity index (χ0v) is 11.3. The van der Waals surface area contributed by atoms with Gasteiger partial charge in [0, 0.05) is 0 Å². The molecule has 0 fully saturated rings. The van der Waals surface area contributed by atoms with Crippen LogP contribution in [0.15, 0.2) is 41.3 Å². The van der Waals surface area contributed by atoms with Crippen LogP contribution < -0.4 is 10.5 Å². The van der Waals surface area contributed by atoms with Crippen molar-refractivity contribution in [2.45, 2.75) is 11.8 Å². The maximum Gasteiger partial charge on any atom is 0.261 e. The molecule has 2 aromatic rings. The lowest BCUT2D eigenvalue weighted by Crippen LogP contribution is -2.13. The SMILES string of the molecule is Cc1ccc(NS(=O)(=O)c2ccc(N)c(F)c2)cc1F. The number of benzene rings is 2. The van der Waals surface area contributed by atoms with E-state index in [1.807, 2.05) is 0 Å². The number of rotatable bonds is 3. The number of nitrogens with two attached hydrogens (primary N) is 1. The third-order valence-corrected chi connectivity index (χ3v) is 4.09. The molecule has 2 aromatic carbocycles. The average molecular weight is 298 g/mol. The maximum absolute atomic E-state index is 13.4. The Labute approximate surface area is 115 Å². The van der Waals surface area contributed by atoms with Crippen molar-refractivity contribution in [3.05, 3.63) is 53.6 Å². The zero-order chi connectivity index (χ0) is 14.9. The van der Waals surface area contributed by atoms with Gasteiger partial charge in [-0.1, -0.05) is 6.07 Å². The van der Waals surface area contributed by atoms with Crippen molar-refractivity contribution >= 4 is 21.4 Å². The third-order valence-electron chi connectivity index (χ3n) is 2.71. The van der Waals surface area contributed by atoms with Gasteiger partial charge in [-0.2, -0.15) is 0 Å². The van der Waals surface area contributed by atoms with Crippen LogP contribution in [0.1, 0.15) is 5.56 Å².